The lowest BCUT2D eigenvalue weighted by molar-refractivity contribution is -0.394. The number of carbonyl (C=O) groups excluding carboxylic acids is 1. The molecule has 0 saturated heterocycles. The number of thioether (sulfide) groups is 1. The summed E-state index contributed by atoms with van der Waals surface area (Å²) >= 11 is 1.82. The molecule has 0 radical (unpaired) electrons. The van der Waals surface area contributed by atoms with Crippen LogP contribution in [-0.2, 0) is 0 Å². The number of nitrogens with zero attached hydrogens (tertiary/aromatic N) is 2. The molecule has 0 spiro atoms. The molecule has 1 aromatic rings. The molecule has 24 heavy (non-hydrogen) atoms. The lowest BCUT2D eigenvalue weighted by Gasteiger charge is -2.20. The predicted octanol–water partition coefficient (Wildman–Crippen LogP) is 3.30. The van der Waals surface area contributed by atoms with Gasteiger partial charge in [0.25, 0.3) is 17.3 Å². The van der Waals surface area contributed by atoms with E-state index in [4.69, 9.17) is 0 Å². The topological polar surface area (TPSA) is 115 Å². The number of carbonyl (C=O) groups is 1. The van der Waals surface area contributed by atoms with Crippen LogP contribution in [0.3, 0.4) is 0 Å². The van der Waals surface area contributed by atoms with Crippen molar-refractivity contribution in [3.05, 3.63) is 44.0 Å². The molecule has 0 unspecified atom stereocenters. The fraction of sp³-hybridized carbons (Fsp3) is 0.533. The molecule has 1 aliphatic carbocycles. The van der Waals surface area contributed by atoms with Crippen LogP contribution < -0.4 is 5.32 Å². The van der Waals surface area contributed by atoms with E-state index in [9.17, 15) is 25.0 Å². The summed E-state index contributed by atoms with van der Waals surface area (Å²) in [7, 11) is 0. The lowest BCUT2D eigenvalue weighted by Crippen LogP contribution is -2.26. The quantitative estimate of drug-likeness (QED) is 0.457. The molecule has 0 aromatic heterocycles. The SMILES string of the molecule is O=C(NCCSC1CCCCC1)c1cc([N+](=O)[O-])cc([N+](=O)[O-])c1. The normalized spacial score (nSPS) is 15.0. The highest BCUT2D eigenvalue weighted by atomic mass is 32.2. The molecule has 1 saturated carbocycles. The zero-order valence-electron chi connectivity index (χ0n) is 13.1. The Hall–Kier alpha value is -2.16. The first-order valence-electron chi connectivity index (χ1n) is 7.81. The Morgan fingerprint density at radius 2 is 1.67 bits per heavy atom. The molecule has 1 fully saturated rings. The van der Waals surface area contributed by atoms with Crippen LogP contribution >= 0.6 is 11.8 Å². The second kappa shape index (κ2) is 8.62. The van der Waals surface area contributed by atoms with Crippen LogP contribution in [0.15, 0.2) is 18.2 Å². The van der Waals surface area contributed by atoms with E-state index in [1.165, 1.54) is 32.1 Å². The van der Waals surface area contributed by atoms with E-state index in [0.717, 1.165) is 24.0 Å². The molecule has 130 valence electrons. The summed E-state index contributed by atoms with van der Waals surface area (Å²) in [5, 5.41) is 25.0. The number of hydrogen-bond donors (Lipinski definition) is 1. The van der Waals surface area contributed by atoms with Gasteiger partial charge in [-0.1, -0.05) is 19.3 Å². The van der Waals surface area contributed by atoms with E-state index >= 15 is 0 Å². The largest absolute Gasteiger partial charge is 0.351 e. The van der Waals surface area contributed by atoms with Gasteiger partial charge in [-0.2, -0.15) is 11.8 Å². The molecule has 1 N–H and O–H groups in total. The van der Waals surface area contributed by atoms with E-state index in [0.29, 0.717) is 11.8 Å². The van der Waals surface area contributed by atoms with Gasteiger partial charge in [-0.3, -0.25) is 25.0 Å². The smallest absolute Gasteiger partial charge is 0.277 e. The molecule has 1 amide bonds. The number of rotatable bonds is 7. The van der Waals surface area contributed by atoms with Crippen LogP contribution in [0.4, 0.5) is 11.4 Å². The standard InChI is InChI=1S/C15H19N3O5S/c19-15(16-6-7-24-14-4-2-1-3-5-14)11-8-12(17(20)21)10-13(9-11)18(22)23/h8-10,14H,1-7H2,(H,16,19). The molecule has 1 aliphatic rings. The van der Waals surface area contributed by atoms with Crippen molar-refractivity contribution in [2.75, 3.05) is 12.3 Å². The van der Waals surface area contributed by atoms with Crippen LogP contribution in [0.5, 0.6) is 0 Å². The Bertz CT molecular complexity index is 599. The van der Waals surface area contributed by atoms with Crippen LogP contribution in [0.25, 0.3) is 0 Å². The second-order valence-corrected chi connectivity index (χ2v) is 7.05. The number of benzene rings is 1. The monoisotopic (exact) mass is 353 g/mol. The van der Waals surface area contributed by atoms with Gasteiger partial charge in [-0.15, -0.1) is 0 Å². The van der Waals surface area contributed by atoms with Gasteiger partial charge in [0.1, 0.15) is 0 Å². The second-order valence-electron chi connectivity index (χ2n) is 5.64. The first-order chi connectivity index (χ1) is 11.5. The van der Waals surface area contributed by atoms with E-state index in [1.807, 2.05) is 11.8 Å². The minimum atomic E-state index is -0.747. The molecule has 0 aliphatic heterocycles. The first-order valence-corrected chi connectivity index (χ1v) is 8.86. The lowest BCUT2D eigenvalue weighted by atomic mass is 10.0. The highest BCUT2D eigenvalue weighted by Gasteiger charge is 2.20. The maximum Gasteiger partial charge on any atom is 0.277 e. The summed E-state index contributed by atoms with van der Waals surface area (Å²) in [6, 6.07) is 2.95. The molecule has 9 heteroatoms. The van der Waals surface area contributed by atoms with Crippen molar-refractivity contribution in [1.29, 1.82) is 0 Å². The van der Waals surface area contributed by atoms with Crippen molar-refractivity contribution in [3.8, 4) is 0 Å². The Morgan fingerprint density at radius 1 is 1.08 bits per heavy atom. The third-order valence-corrected chi connectivity index (χ3v) is 5.26. The average Bonchev–Trinajstić information content (AvgIpc) is 2.59. The average molecular weight is 353 g/mol. The fourth-order valence-electron chi connectivity index (χ4n) is 2.66. The van der Waals surface area contributed by atoms with E-state index < -0.39 is 27.1 Å². The van der Waals surface area contributed by atoms with Crippen LogP contribution in [0, 0.1) is 20.2 Å². The van der Waals surface area contributed by atoms with Gasteiger partial charge in [-0.05, 0) is 12.8 Å². The van der Waals surface area contributed by atoms with Gasteiger partial charge < -0.3 is 5.32 Å². The highest BCUT2D eigenvalue weighted by Crippen LogP contribution is 2.27. The van der Waals surface area contributed by atoms with Gasteiger partial charge in [-0.25, -0.2) is 0 Å². The zero-order chi connectivity index (χ0) is 17.5. The Balaban J connectivity index is 1.91. The summed E-state index contributed by atoms with van der Waals surface area (Å²) in [4.78, 5) is 32.3. The number of nitrogens with one attached hydrogen (secondary N) is 1. The summed E-state index contributed by atoms with van der Waals surface area (Å²) in [6.07, 6.45) is 6.20. The summed E-state index contributed by atoms with van der Waals surface area (Å²) < 4.78 is 0. The van der Waals surface area contributed by atoms with Gasteiger partial charge in [0.15, 0.2) is 0 Å². The minimum absolute atomic E-state index is 0.0708. The van der Waals surface area contributed by atoms with Gasteiger partial charge in [0, 0.05) is 29.7 Å². The number of non-ortho nitro benzene ring substituents is 2. The third kappa shape index (κ3) is 5.19. The third-order valence-electron chi connectivity index (χ3n) is 3.88. The molecular weight excluding hydrogens is 334 g/mol. The molecule has 8 nitrogen and oxygen atoms in total. The Morgan fingerprint density at radius 3 is 2.21 bits per heavy atom. The minimum Gasteiger partial charge on any atom is -0.351 e. The predicted molar refractivity (Wildman–Crippen MR) is 91.4 cm³/mol. The Labute approximate surface area is 143 Å². The van der Waals surface area contributed by atoms with Crippen LogP contribution in [0.1, 0.15) is 42.5 Å². The number of nitro groups is 2. The maximum atomic E-state index is 12.1. The van der Waals surface area contributed by atoms with Crippen molar-refractivity contribution < 1.29 is 14.6 Å². The van der Waals surface area contributed by atoms with E-state index in [-0.39, 0.29) is 5.56 Å². The molecular formula is C15H19N3O5S. The van der Waals surface area contributed by atoms with Crippen molar-refractivity contribution in [3.63, 3.8) is 0 Å². The fourth-order valence-corrected chi connectivity index (χ4v) is 3.88. The van der Waals surface area contributed by atoms with Gasteiger partial charge in [0.05, 0.1) is 21.5 Å². The molecule has 0 heterocycles. The highest BCUT2D eigenvalue weighted by molar-refractivity contribution is 7.99. The maximum absolute atomic E-state index is 12.1. The van der Waals surface area contributed by atoms with Gasteiger partial charge in [0.2, 0.25) is 0 Å². The number of nitro benzene ring substituents is 2. The van der Waals surface area contributed by atoms with Crippen molar-refractivity contribution in [1.82, 2.24) is 5.32 Å². The summed E-state index contributed by atoms with van der Waals surface area (Å²) in [5.41, 5.74) is -1.00. The Kier molecular flexibility index (Phi) is 6.53. The molecule has 0 bridgehead atoms. The van der Waals surface area contributed by atoms with Crippen molar-refractivity contribution in [2.24, 2.45) is 0 Å². The molecule has 1 aromatic carbocycles. The van der Waals surface area contributed by atoms with Crippen molar-refractivity contribution >= 4 is 29.0 Å². The summed E-state index contributed by atoms with van der Waals surface area (Å²) in [5.74, 6) is 0.221. The van der Waals surface area contributed by atoms with Crippen molar-refractivity contribution in [2.45, 2.75) is 37.4 Å². The summed E-state index contributed by atoms with van der Waals surface area (Å²) in [6.45, 7) is 0.427. The molecule has 2 rings (SSSR count). The number of hydrogen-bond acceptors (Lipinski definition) is 6. The number of amides is 1. The van der Waals surface area contributed by atoms with E-state index in [1.54, 1.807) is 0 Å². The van der Waals surface area contributed by atoms with Crippen LogP contribution in [-0.4, -0.2) is 33.3 Å². The first kappa shape index (κ1) is 18.2. The molecule has 0 atom stereocenters. The van der Waals surface area contributed by atoms with Crippen LogP contribution in [0.2, 0.25) is 0 Å². The zero-order valence-corrected chi connectivity index (χ0v) is 13.9. The van der Waals surface area contributed by atoms with E-state index in [2.05, 4.69) is 5.32 Å². The van der Waals surface area contributed by atoms with Gasteiger partial charge >= 0.3 is 0 Å².